The number of rotatable bonds is 2. The van der Waals surface area contributed by atoms with Crippen molar-refractivity contribution in [1.82, 2.24) is 10.2 Å². The second-order valence-corrected chi connectivity index (χ2v) is 4.17. The van der Waals surface area contributed by atoms with Gasteiger partial charge in [0.25, 0.3) is 5.56 Å². The summed E-state index contributed by atoms with van der Waals surface area (Å²) in [6.07, 6.45) is -8.68. The lowest BCUT2D eigenvalue weighted by Crippen LogP contribution is -2.12. The van der Waals surface area contributed by atoms with E-state index in [0.29, 0.717) is 6.21 Å². The second-order valence-electron chi connectivity index (χ2n) is 4.17. The first kappa shape index (κ1) is 15.9. The molecule has 0 aliphatic rings. The predicted molar refractivity (Wildman–Crippen MR) is 65.1 cm³/mol. The van der Waals surface area contributed by atoms with Gasteiger partial charge in [-0.1, -0.05) is 0 Å². The number of nitrogens with zero attached hydrogens (tertiary/aromatic N) is 1. The number of H-pyrrole nitrogens is 2. The molecule has 0 radical (unpaired) electrons. The van der Waals surface area contributed by atoms with E-state index in [1.165, 1.54) is 0 Å². The summed E-state index contributed by atoms with van der Waals surface area (Å²) in [5.41, 5.74) is -4.05. The van der Waals surface area contributed by atoms with Crippen LogP contribution in [0.25, 0.3) is 0 Å². The van der Waals surface area contributed by atoms with Crippen molar-refractivity contribution < 1.29 is 26.3 Å². The average molecular weight is 323 g/mol. The maximum absolute atomic E-state index is 12.6. The number of benzene rings is 1. The topological polar surface area (TPSA) is 61.0 Å². The SMILES string of the molecule is O=c1[nH][nH]c(C(F)(F)F)c1C=Nc1ccc(C(F)(F)F)cc1. The molecule has 0 aliphatic heterocycles. The minimum atomic E-state index is -4.79. The highest BCUT2D eigenvalue weighted by atomic mass is 19.4. The third-order valence-corrected chi connectivity index (χ3v) is 2.64. The van der Waals surface area contributed by atoms with Crippen molar-refractivity contribution >= 4 is 11.9 Å². The van der Waals surface area contributed by atoms with Gasteiger partial charge in [0.15, 0.2) is 5.69 Å². The maximum atomic E-state index is 12.6. The first-order chi connectivity index (χ1) is 10.1. The third-order valence-electron chi connectivity index (χ3n) is 2.64. The minimum absolute atomic E-state index is 0.0262. The van der Waals surface area contributed by atoms with Crippen LogP contribution in [0, 0.1) is 0 Å². The molecule has 0 saturated carbocycles. The summed E-state index contributed by atoms with van der Waals surface area (Å²) in [5, 5.41) is 3.45. The highest BCUT2D eigenvalue weighted by molar-refractivity contribution is 5.83. The molecule has 0 saturated heterocycles. The molecule has 1 aromatic heterocycles. The van der Waals surface area contributed by atoms with Crippen LogP contribution in [0.15, 0.2) is 34.1 Å². The molecule has 2 rings (SSSR count). The summed E-state index contributed by atoms with van der Waals surface area (Å²) in [7, 11) is 0. The molecule has 1 aromatic carbocycles. The molecule has 0 atom stereocenters. The first-order valence-electron chi connectivity index (χ1n) is 5.68. The number of aromatic amines is 2. The Morgan fingerprint density at radius 2 is 1.50 bits per heavy atom. The van der Waals surface area contributed by atoms with Gasteiger partial charge >= 0.3 is 12.4 Å². The molecule has 0 fully saturated rings. The summed E-state index contributed by atoms with van der Waals surface area (Å²) >= 11 is 0. The lowest BCUT2D eigenvalue weighted by Gasteiger charge is -2.05. The van der Waals surface area contributed by atoms with Crippen LogP contribution in [0.5, 0.6) is 0 Å². The zero-order valence-electron chi connectivity index (χ0n) is 10.5. The van der Waals surface area contributed by atoms with Crippen molar-refractivity contribution in [2.45, 2.75) is 12.4 Å². The molecule has 2 aromatic rings. The Morgan fingerprint density at radius 1 is 0.909 bits per heavy atom. The van der Waals surface area contributed by atoms with Crippen LogP contribution in [0.1, 0.15) is 16.8 Å². The molecule has 1 heterocycles. The van der Waals surface area contributed by atoms with Crippen LogP contribution >= 0.6 is 0 Å². The van der Waals surface area contributed by atoms with E-state index in [2.05, 4.69) is 4.99 Å². The molecule has 10 heteroatoms. The number of hydrogen-bond acceptors (Lipinski definition) is 2. The third kappa shape index (κ3) is 3.38. The second kappa shape index (κ2) is 5.35. The van der Waals surface area contributed by atoms with Crippen LogP contribution in [-0.2, 0) is 12.4 Å². The standard InChI is InChI=1S/C12H7F6N3O/c13-11(14,15)6-1-3-7(4-2-6)19-5-8-9(12(16,17)18)20-21-10(8)22/h1-5H,(H2,20,21,22). The zero-order valence-corrected chi connectivity index (χ0v) is 10.5. The molecular formula is C12H7F6N3O. The van der Waals surface area contributed by atoms with Gasteiger partial charge in [0.1, 0.15) is 0 Å². The van der Waals surface area contributed by atoms with Crippen molar-refractivity contribution in [3.05, 3.63) is 51.4 Å². The first-order valence-corrected chi connectivity index (χ1v) is 5.68. The van der Waals surface area contributed by atoms with Gasteiger partial charge in [0.2, 0.25) is 0 Å². The van der Waals surface area contributed by atoms with E-state index in [1.807, 2.05) is 0 Å². The van der Waals surface area contributed by atoms with Crippen LogP contribution < -0.4 is 5.56 Å². The summed E-state index contributed by atoms with van der Waals surface area (Å²) in [6, 6.07) is 3.43. The van der Waals surface area contributed by atoms with E-state index >= 15 is 0 Å². The van der Waals surface area contributed by atoms with Crippen LogP contribution in [0.3, 0.4) is 0 Å². The molecule has 2 N–H and O–H groups in total. The fourth-order valence-electron chi connectivity index (χ4n) is 1.59. The largest absolute Gasteiger partial charge is 0.433 e. The monoisotopic (exact) mass is 323 g/mol. The molecule has 118 valence electrons. The van der Waals surface area contributed by atoms with Gasteiger partial charge in [-0.05, 0) is 24.3 Å². The molecule has 0 bridgehead atoms. The van der Waals surface area contributed by atoms with Crippen LogP contribution in [0.4, 0.5) is 32.0 Å². The quantitative estimate of drug-likeness (QED) is 0.645. The zero-order chi connectivity index (χ0) is 16.5. The number of nitrogens with one attached hydrogen (secondary N) is 2. The van der Waals surface area contributed by atoms with E-state index in [4.69, 9.17) is 0 Å². The number of halogens is 6. The van der Waals surface area contributed by atoms with Crippen molar-refractivity contribution in [2.75, 3.05) is 0 Å². The van der Waals surface area contributed by atoms with Crippen LogP contribution in [-0.4, -0.2) is 16.4 Å². The Balaban J connectivity index is 2.30. The van der Waals surface area contributed by atoms with E-state index < -0.39 is 34.7 Å². The molecule has 22 heavy (non-hydrogen) atoms. The molecule has 0 aliphatic carbocycles. The predicted octanol–water partition coefficient (Wildman–Crippen LogP) is 3.49. The Morgan fingerprint density at radius 3 is 2.00 bits per heavy atom. The van der Waals surface area contributed by atoms with Gasteiger partial charge in [0.05, 0.1) is 16.8 Å². The van der Waals surface area contributed by atoms with Crippen molar-refractivity contribution in [1.29, 1.82) is 0 Å². The Labute approximate surface area is 118 Å². The van der Waals surface area contributed by atoms with E-state index in [0.717, 1.165) is 24.3 Å². The van der Waals surface area contributed by atoms with E-state index in [1.54, 1.807) is 10.2 Å². The fraction of sp³-hybridized carbons (Fsp3) is 0.167. The molecule has 0 spiro atoms. The van der Waals surface area contributed by atoms with Gasteiger partial charge in [0, 0.05) is 6.21 Å². The minimum Gasteiger partial charge on any atom is -0.293 e. The normalized spacial score (nSPS) is 13.0. The van der Waals surface area contributed by atoms with Crippen molar-refractivity contribution in [3.8, 4) is 0 Å². The summed E-state index contributed by atoms with van der Waals surface area (Å²) in [4.78, 5) is 14.8. The highest BCUT2D eigenvalue weighted by Crippen LogP contribution is 2.31. The lowest BCUT2D eigenvalue weighted by atomic mass is 10.2. The van der Waals surface area contributed by atoms with Crippen molar-refractivity contribution in [2.24, 2.45) is 4.99 Å². The van der Waals surface area contributed by atoms with Gasteiger partial charge in [-0.2, -0.15) is 26.3 Å². The number of hydrogen-bond donors (Lipinski definition) is 2. The Bertz CT molecular complexity index is 736. The molecular weight excluding hydrogens is 316 g/mol. The maximum Gasteiger partial charge on any atom is 0.433 e. The van der Waals surface area contributed by atoms with Crippen molar-refractivity contribution in [3.63, 3.8) is 0 Å². The number of alkyl halides is 6. The van der Waals surface area contributed by atoms with Gasteiger partial charge in [-0.15, -0.1) is 0 Å². The Hall–Kier alpha value is -2.52. The molecule has 0 unspecified atom stereocenters. The lowest BCUT2D eigenvalue weighted by molar-refractivity contribution is -0.141. The smallest absolute Gasteiger partial charge is 0.293 e. The van der Waals surface area contributed by atoms with Gasteiger partial charge in [-0.25, -0.2) is 0 Å². The molecule has 4 nitrogen and oxygen atoms in total. The Kier molecular flexibility index (Phi) is 3.86. The van der Waals surface area contributed by atoms with E-state index in [9.17, 15) is 31.1 Å². The summed E-state index contributed by atoms with van der Waals surface area (Å²) in [6.45, 7) is 0. The van der Waals surface area contributed by atoms with E-state index in [-0.39, 0.29) is 5.69 Å². The summed E-state index contributed by atoms with van der Waals surface area (Å²) < 4.78 is 74.8. The number of aliphatic imine (C=N–C) groups is 1. The fourth-order valence-corrected chi connectivity index (χ4v) is 1.59. The van der Waals surface area contributed by atoms with Crippen LogP contribution in [0.2, 0.25) is 0 Å². The molecule has 0 amide bonds. The number of aromatic nitrogens is 2. The van der Waals surface area contributed by atoms with Gasteiger partial charge in [-0.3, -0.25) is 20.0 Å². The van der Waals surface area contributed by atoms with Gasteiger partial charge < -0.3 is 0 Å². The average Bonchev–Trinajstić information content (AvgIpc) is 2.77. The summed E-state index contributed by atoms with van der Waals surface area (Å²) in [5.74, 6) is 0. The highest BCUT2D eigenvalue weighted by Gasteiger charge is 2.36.